The number of hydrogen-bond donors (Lipinski definition) is 2. The fourth-order valence-electron chi connectivity index (χ4n) is 4.47. The molecule has 0 amide bonds. The summed E-state index contributed by atoms with van der Waals surface area (Å²) in [6.45, 7) is 7.08. The third-order valence-corrected chi connectivity index (χ3v) is 6.98. The van der Waals surface area contributed by atoms with Gasteiger partial charge in [-0.25, -0.2) is 4.68 Å². The van der Waals surface area contributed by atoms with E-state index in [0.29, 0.717) is 27.5 Å². The van der Waals surface area contributed by atoms with Gasteiger partial charge >= 0.3 is 5.97 Å². The largest absolute Gasteiger partial charge is 0.481 e. The molecule has 6 nitrogen and oxygen atoms in total. The molecule has 3 fully saturated rings. The fraction of sp³-hybridized carbons (Fsp3) is 0.706. The minimum Gasteiger partial charge on any atom is -0.481 e. The Morgan fingerprint density at radius 3 is 2.79 bits per heavy atom. The average molecular weight is 398 g/mol. The van der Waals surface area contributed by atoms with Crippen molar-refractivity contribution in [3.05, 3.63) is 21.0 Å². The summed E-state index contributed by atoms with van der Waals surface area (Å²) in [5.41, 5.74) is 0.825. The number of anilines is 1. The van der Waals surface area contributed by atoms with Crippen LogP contribution in [0.1, 0.15) is 40.0 Å². The molecule has 1 aromatic rings. The molecule has 2 N–H and O–H groups in total. The Hall–Kier alpha value is -1.37. The maximum atomic E-state index is 12.3. The summed E-state index contributed by atoms with van der Waals surface area (Å²) in [4.78, 5) is 23.0. The molecule has 24 heavy (non-hydrogen) atoms. The molecule has 132 valence electrons. The van der Waals surface area contributed by atoms with Crippen LogP contribution in [-0.2, 0) is 11.3 Å². The van der Waals surface area contributed by atoms with Gasteiger partial charge in [-0.2, -0.15) is 5.10 Å². The predicted octanol–water partition coefficient (Wildman–Crippen LogP) is 2.96. The molecule has 0 spiro atoms. The van der Waals surface area contributed by atoms with E-state index in [4.69, 9.17) is 5.11 Å². The lowest BCUT2D eigenvalue weighted by Gasteiger charge is -2.62. The molecular weight excluding hydrogens is 374 g/mol. The number of aromatic nitrogens is 2. The second-order valence-electron chi connectivity index (χ2n) is 7.75. The molecule has 0 radical (unpaired) electrons. The lowest BCUT2D eigenvalue weighted by Crippen LogP contribution is -2.58. The quantitative estimate of drug-likeness (QED) is 0.797. The van der Waals surface area contributed by atoms with Crippen molar-refractivity contribution in [2.24, 2.45) is 23.2 Å². The van der Waals surface area contributed by atoms with Gasteiger partial charge in [-0.1, -0.05) is 20.8 Å². The SMILES string of the molecule is C[C@H]1[C@H]2C[C@H](C[C@H]1Nc1cnn(CCC(=O)O)c(=O)c1Br)C2(C)C. The van der Waals surface area contributed by atoms with E-state index in [-0.39, 0.29) is 18.5 Å². The molecule has 1 heterocycles. The number of aryl methyl sites for hydroxylation is 1. The lowest BCUT2D eigenvalue weighted by molar-refractivity contribution is -0.137. The maximum absolute atomic E-state index is 12.3. The van der Waals surface area contributed by atoms with Gasteiger partial charge in [-0.15, -0.1) is 0 Å². The smallest absolute Gasteiger partial charge is 0.305 e. The van der Waals surface area contributed by atoms with Gasteiger partial charge in [-0.05, 0) is 51.9 Å². The highest BCUT2D eigenvalue weighted by Gasteiger charge is 2.56. The van der Waals surface area contributed by atoms with Gasteiger partial charge in [0.25, 0.3) is 5.56 Å². The Morgan fingerprint density at radius 2 is 2.21 bits per heavy atom. The molecule has 7 heteroatoms. The Morgan fingerprint density at radius 1 is 1.50 bits per heavy atom. The van der Waals surface area contributed by atoms with E-state index < -0.39 is 5.97 Å². The van der Waals surface area contributed by atoms with Gasteiger partial charge in [0.15, 0.2) is 0 Å². The number of nitrogens with zero attached hydrogens (tertiary/aromatic N) is 2. The van der Waals surface area contributed by atoms with Crippen LogP contribution < -0.4 is 10.9 Å². The van der Waals surface area contributed by atoms with E-state index in [1.165, 1.54) is 11.1 Å². The Kier molecular flexibility index (Phi) is 4.49. The van der Waals surface area contributed by atoms with Crippen molar-refractivity contribution in [2.45, 2.75) is 52.6 Å². The molecule has 0 aromatic carbocycles. The normalized spacial score (nSPS) is 30.5. The third kappa shape index (κ3) is 2.87. The molecule has 3 aliphatic rings. The maximum Gasteiger partial charge on any atom is 0.305 e. The molecule has 3 saturated carbocycles. The predicted molar refractivity (Wildman–Crippen MR) is 95.0 cm³/mol. The molecule has 0 unspecified atom stereocenters. The van der Waals surface area contributed by atoms with Crippen LogP contribution in [0.2, 0.25) is 0 Å². The number of carbonyl (C=O) groups is 1. The number of rotatable bonds is 5. The van der Waals surface area contributed by atoms with Gasteiger partial charge in [0.05, 0.1) is 24.8 Å². The molecule has 3 aliphatic carbocycles. The van der Waals surface area contributed by atoms with Gasteiger partial charge in [-0.3, -0.25) is 9.59 Å². The van der Waals surface area contributed by atoms with Crippen molar-refractivity contribution in [3.63, 3.8) is 0 Å². The summed E-state index contributed by atoms with van der Waals surface area (Å²) in [6.07, 6.45) is 3.91. The number of hydrogen-bond acceptors (Lipinski definition) is 4. The zero-order valence-corrected chi connectivity index (χ0v) is 15.8. The van der Waals surface area contributed by atoms with Crippen LogP contribution in [-0.4, -0.2) is 26.9 Å². The molecule has 0 aliphatic heterocycles. The zero-order valence-electron chi connectivity index (χ0n) is 14.3. The van der Waals surface area contributed by atoms with E-state index in [2.05, 4.69) is 47.1 Å². The molecule has 2 bridgehead atoms. The molecule has 4 rings (SSSR count). The summed E-state index contributed by atoms with van der Waals surface area (Å²) in [6, 6.07) is 0.342. The number of carboxylic acid groups (broad SMARTS) is 1. The molecular formula is C17H24BrN3O3. The van der Waals surface area contributed by atoms with Crippen LogP contribution in [0.3, 0.4) is 0 Å². The van der Waals surface area contributed by atoms with E-state index in [1.807, 2.05) is 0 Å². The summed E-state index contributed by atoms with van der Waals surface area (Å²) >= 11 is 3.35. The van der Waals surface area contributed by atoms with Gasteiger partial charge in [0.2, 0.25) is 0 Å². The van der Waals surface area contributed by atoms with Crippen LogP contribution in [0.4, 0.5) is 5.69 Å². The Labute approximate surface area is 149 Å². The van der Waals surface area contributed by atoms with Crippen molar-refractivity contribution in [3.8, 4) is 0 Å². The van der Waals surface area contributed by atoms with Crippen molar-refractivity contribution in [1.82, 2.24) is 9.78 Å². The van der Waals surface area contributed by atoms with Crippen LogP contribution in [0.25, 0.3) is 0 Å². The third-order valence-electron chi connectivity index (χ3n) is 6.22. The monoisotopic (exact) mass is 397 g/mol. The highest BCUT2D eigenvalue weighted by molar-refractivity contribution is 9.10. The summed E-state index contributed by atoms with van der Waals surface area (Å²) in [5.74, 6) is 1.06. The van der Waals surface area contributed by atoms with Crippen LogP contribution in [0.5, 0.6) is 0 Å². The van der Waals surface area contributed by atoms with Crippen molar-refractivity contribution >= 4 is 27.6 Å². The topological polar surface area (TPSA) is 84.2 Å². The first-order chi connectivity index (χ1) is 11.2. The first kappa shape index (κ1) is 17.5. The minimum atomic E-state index is -0.945. The second kappa shape index (κ2) is 6.17. The standard InChI is InChI=1S/C17H24BrN3O3/c1-9-11-6-10(17(11,2)3)7-12(9)20-13-8-19-21(5-4-14(22)23)16(24)15(13)18/h8-12,20H,4-7H2,1-3H3,(H,22,23)/t9-,10+,11+,12+/m0/s1. The number of aliphatic carboxylic acids is 1. The van der Waals surface area contributed by atoms with Crippen molar-refractivity contribution in [2.75, 3.05) is 5.32 Å². The summed E-state index contributed by atoms with van der Waals surface area (Å²) in [7, 11) is 0. The minimum absolute atomic E-state index is 0.0746. The van der Waals surface area contributed by atoms with E-state index in [9.17, 15) is 9.59 Å². The number of halogens is 1. The van der Waals surface area contributed by atoms with Crippen LogP contribution in [0, 0.1) is 23.2 Å². The lowest BCUT2D eigenvalue weighted by atomic mass is 9.45. The number of fused-ring (bicyclic) bond motifs is 2. The van der Waals surface area contributed by atoms with Gasteiger partial charge < -0.3 is 10.4 Å². The average Bonchev–Trinajstić information content (AvgIpc) is 2.52. The highest BCUT2D eigenvalue weighted by Crippen LogP contribution is 2.61. The highest BCUT2D eigenvalue weighted by atomic mass is 79.9. The van der Waals surface area contributed by atoms with E-state index >= 15 is 0 Å². The van der Waals surface area contributed by atoms with Crippen LogP contribution >= 0.6 is 15.9 Å². The first-order valence-electron chi connectivity index (χ1n) is 8.45. The molecule has 1 aromatic heterocycles. The zero-order chi connectivity index (χ0) is 17.6. The van der Waals surface area contributed by atoms with Gasteiger partial charge in [0, 0.05) is 6.04 Å². The van der Waals surface area contributed by atoms with Crippen molar-refractivity contribution < 1.29 is 9.90 Å². The second-order valence-corrected chi connectivity index (χ2v) is 8.54. The van der Waals surface area contributed by atoms with E-state index in [0.717, 1.165) is 18.3 Å². The molecule has 0 saturated heterocycles. The Bertz CT molecular complexity index is 716. The molecule has 4 atom stereocenters. The van der Waals surface area contributed by atoms with Gasteiger partial charge in [0.1, 0.15) is 4.47 Å². The van der Waals surface area contributed by atoms with E-state index in [1.54, 1.807) is 6.20 Å². The fourth-order valence-corrected chi connectivity index (χ4v) is 4.89. The number of nitrogens with one attached hydrogen (secondary N) is 1. The van der Waals surface area contributed by atoms with Crippen LogP contribution in [0.15, 0.2) is 15.5 Å². The number of carboxylic acids is 1. The first-order valence-corrected chi connectivity index (χ1v) is 9.25. The van der Waals surface area contributed by atoms with Crippen molar-refractivity contribution in [1.29, 1.82) is 0 Å². The summed E-state index contributed by atoms with van der Waals surface area (Å²) in [5, 5.41) is 16.3. The summed E-state index contributed by atoms with van der Waals surface area (Å²) < 4.78 is 1.61. The Balaban J connectivity index is 1.74.